The SMILES string of the molecule is CN(C)C(CNS(=O)(=O)c1ccc2cc[nH]c2c1)c1nn(C)c2ccccc12. The summed E-state index contributed by atoms with van der Waals surface area (Å²) in [6.07, 6.45) is 1.79. The summed E-state index contributed by atoms with van der Waals surface area (Å²) >= 11 is 0. The number of aryl methyl sites for hydroxylation is 1. The zero-order chi connectivity index (χ0) is 19.9. The first-order chi connectivity index (χ1) is 13.4. The van der Waals surface area contributed by atoms with Crippen LogP contribution in [-0.2, 0) is 17.1 Å². The van der Waals surface area contributed by atoms with E-state index in [1.165, 1.54) is 0 Å². The summed E-state index contributed by atoms with van der Waals surface area (Å²) in [5.41, 5.74) is 2.66. The van der Waals surface area contributed by atoms with E-state index in [0.29, 0.717) is 0 Å². The number of nitrogens with zero attached hydrogens (tertiary/aromatic N) is 3. The lowest BCUT2D eigenvalue weighted by molar-refractivity contribution is 0.294. The second kappa shape index (κ2) is 7.05. The fourth-order valence-electron chi connectivity index (χ4n) is 3.48. The second-order valence-electron chi connectivity index (χ2n) is 7.08. The molecule has 0 radical (unpaired) electrons. The molecule has 0 aliphatic heterocycles. The first kappa shape index (κ1) is 18.7. The molecule has 0 aliphatic rings. The molecule has 2 heterocycles. The largest absolute Gasteiger partial charge is 0.361 e. The minimum atomic E-state index is -3.64. The molecule has 0 saturated heterocycles. The van der Waals surface area contributed by atoms with Crippen LogP contribution in [0.2, 0.25) is 0 Å². The quantitative estimate of drug-likeness (QED) is 0.524. The molecule has 0 saturated carbocycles. The Hall–Kier alpha value is -2.68. The van der Waals surface area contributed by atoms with Gasteiger partial charge in [-0.2, -0.15) is 5.10 Å². The van der Waals surface area contributed by atoms with E-state index < -0.39 is 10.0 Å². The Morgan fingerprint density at radius 3 is 2.75 bits per heavy atom. The average Bonchev–Trinajstić information content (AvgIpc) is 3.26. The summed E-state index contributed by atoms with van der Waals surface area (Å²) < 4.78 is 30.3. The number of H-pyrrole nitrogens is 1. The van der Waals surface area contributed by atoms with E-state index in [-0.39, 0.29) is 17.5 Å². The number of hydrogen-bond acceptors (Lipinski definition) is 4. The van der Waals surface area contributed by atoms with Crippen LogP contribution in [-0.4, -0.2) is 48.7 Å². The van der Waals surface area contributed by atoms with Crippen molar-refractivity contribution in [1.29, 1.82) is 0 Å². The number of benzene rings is 2. The van der Waals surface area contributed by atoms with Crippen molar-refractivity contribution in [1.82, 2.24) is 24.4 Å². The Morgan fingerprint density at radius 2 is 1.96 bits per heavy atom. The van der Waals surface area contributed by atoms with Gasteiger partial charge in [0.15, 0.2) is 0 Å². The van der Waals surface area contributed by atoms with Crippen LogP contribution in [0.1, 0.15) is 11.7 Å². The van der Waals surface area contributed by atoms with Crippen LogP contribution in [0.15, 0.2) is 59.6 Å². The van der Waals surface area contributed by atoms with E-state index in [4.69, 9.17) is 0 Å². The third-order valence-electron chi connectivity index (χ3n) is 5.03. The number of sulfonamides is 1. The van der Waals surface area contributed by atoms with Crippen LogP contribution in [0.4, 0.5) is 0 Å². The van der Waals surface area contributed by atoms with Crippen molar-refractivity contribution in [2.75, 3.05) is 20.6 Å². The summed E-state index contributed by atoms with van der Waals surface area (Å²) in [4.78, 5) is 5.27. The Kier molecular flexibility index (Phi) is 4.70. The molecule has 4 rings (SSSR count). The topological polar surface area (TPSA) is 83.0 Å². The Balaban J connectivity index is 1.63. The maximum absolute atomic E-state index is 12.9. The van der Waals surface area contributed by atoms with Crippen molar-refractivity contribution in [2.45, 2.75) is 10.9 Å². The van der Waals surface area contributed by atoms with Gasteiger partial charge in [-0.1, -0.05) is 24.3 Å². The highest BCUT2D eigenvalue weighted by atomic mass is 32.2. The highest BCUT2D eigenvalue weighted by Crippen LogP contribution is 2.26. The van der Waals surface area contributed by atoms with Crippen LogP contribution in [0.25, 0.3) is 21.8 Å². The van der Waals surface area contributed by atoms with Gasteiger partial charge in [0, 0.05) is 30.7 Å². The summed E-state index contributed by atoms with van der Waals surface area (Å²) in [5, 5.41) is 6.65. The van der Waals surface area contributed by atoms with Crippen LogP contribution < -0.4 is 4.72 Å². The summed E-state index contributed by atoms with van der Waals surface area (Å²) in [7, 11) is 2.10. The molecule has 2 N–H and O–H groups in total. The summed E-state index contributed by atoms with van der Waals surface area (Å²) in [6, 6.07) is 14.8. The Morgan fingerprint density at radius 1 is 1.18 bits per heavy atom. The van der Waals surface area contributed by atoms with E-state index in [9.17, 15) is 8.42 Å². The number of para-hydroxylation sites is 1. The van der Waals surface area contributed by atoms with E-state index in [1.807, 2.05) is 61.1 Å². The number of fused-ring (bicyclic) bond motifs is 2. The van der Waals surface area contributed by atoms with E-state index in [1.54, 1.807) is 24.4 Å². The summed E-state index contributed by atoms with van der Waals surface area (Å²) in [6.45, 7) is 0.221. The van der Waals surface area contributed by atoms with Crippen molar-refractivity contribution < 1.29 is 8.42 Å². The molecule has 2 aromatic carbocycles. The fraction of sp³-hybridized carbons (Fsp3) is 0.250. The molecule has 0 bridgehead atoms. The molecular formula is C20H23N5O2S. The van der Waals surface area contributed by atoms with Crippen LogP contribution in [0, 0.1) is 0 Å². The molecule has 1 unspecified atom stereocenters. The highest BCUT2D eigenvalue weighted by molar-refractivity contribution is 7.89. The molecule has 8 heteroatoms. The van der Waals surface area contributed by atoms with E-state index in [0.717, 1.165) is 27.5 Å². The third-order valence-corrected chi connectivity index (χ3v) is 6.45. The van der Waals surface area contributed by atoms with Crippen molar-refractivity contribution in [3.05, 3.63) is 60.4 Å². The maximum atomic E-state index is 12.9. The number of hydrogen-bond donors (Lipinski definition) is 2. The first-order valence-corrected chi connectivity index (χ1v) is 10.5. The lowest BCUT2D eigenvalue weighted by atomic mass is 10.1. The van der Waals surface area contributed by atoms with Crippen LogP contribution in [0.3, 0.4) is 0 Å². The Labute approximate surface area is 164 Å². The molecular weight excluding hydrogens is 374 g/mol. The van der Waals surface area contributed by atoms with Gasteiger partial charge in [-0.3, -0.25) is 9.58 Å². The van der Waals surface area contributed by atoms with Crippen molar-refractivity contribution in [2.24, 2.45) is 7.05 Å². The molecule has 0 amide bonds. The van der Waals surface area contributed by atoms with Crippen molar-refractivity contribution in [3.63, 3.8) is 0 Å². The van der Waals surface area contributed by atoms with Gasteiger partial charge in [-0.05, 0) is 43.7 Å². The number of likely N-dealkylation sites (N-methyl/N-ethyl adjacent to an activating group) is 1. The van der Waals surface area contributed by atoms with Gasteiger partial charge in [0.2, 0.25) is 10.0 Å². The number of nitrogens with one attached hydrogen (secondary N) is 2. The zero-order valence-electron chi connectivity index (χ0n) is 16.0. The molecule has 0 aliphatic carbocycles. The van der Waals surface area contributed by atoms with E-state index >= 15 is 0 Å². The van der Waals surface area contributed by atoms with Gasteiger partial charge in [0.1, 0.15) is 0 Å². The van der Waals surface area contributed by atoms with Gasteiger partial charge < -0.3 is 4.98 Å². The molecule has 0 fully saturated rings. The standard InChI is InChI=1S/C20H23N5O2S/c1-24(2)19(20-16-6-4-5-7-18(16)25(3)23-20)13-22-28(26,27)15-9-8-14-10-11-21-17(14)12-15/h4-12,19,21-22H,13H2,1-3H3. The normalized spacial score (nSPS) is 13.6. The predicted octanol–water partition coefficient (Wildman–Crippen LogP) is 2.64. The molecule has 2 aromatic heterocycles. The third kappa shape index (κ3) is 3.30. The monoisotopic (exact) mass is 397 g/mol. The van der Waals surface area contributed by atoms with Gasteiger partial charge >= 0.3 is 0 Å². The lowest BCUT2D eigenvalue weighted by Gasteiger charge is -2.23. The average molecular weight is 398 g/mol. The molecule has 4 aromatic rings. The minimum absolute atomic E-state index is 0.199. The molecule has 1 atom stereocenters. The van der Waals surface area contributed by atoms with Gasteiger partial charge in [-0.15, -0.1) is 0 Å². The lowest BCUT2D eigenvalue weighted by Crippen LogP contribution is -2.35. The number of aromatic nitrogens is 3. The zero-order valence-corrected chi connectivity index (χ0v) is 16.9. The smallest absolute Gasteiger partial charge is 0.240 e. The van der Waals surface area contributed by atoms with Crippen molar-refractivity contribution >= 4 is 31.8 Å². The van der Waals surface area contributed by atoms with Crippen LogP contribution in [0.5, 0.6) is 0 Å². The predicted molar refractivity (Wildman–Crippen MR) is 111 cm³/mol. The molecule has 7 nitrogen and oxygen atoms in total. The Bertz CT molecular complexity index is 1240. The molecule has 0 spiro atoms. The maximum Gasteiger partial charge on any atom is 0.240 e. The molecule has 146 valence electrons. The molecule has 28 heavy (non-hydrogen) atoms. The van der Waals surface area contributed by atoms with Gasteiger partial charge in [-0.25, -0.2) is 13.1 Å². The fourth-order valence-corrected chi connectivity index (χ4v) is 4.54. The van der Waals surface area contributed by atoms with Crippen LogP contribution >= 0.6 is 0 Å². The van der Waals surface area contributed by atoms with Gasteiger partial charge in [0.05, 0.1) is 22.1 Å². The summed E-state index contributed by atoms with van der Waals surface area (Å²) in [5.74, 6) is 0. The highest BCUT2D eigenvalue weighted by Gasteiger charge is 2.24. The number of rotatable bonds is 6. The van der Waals surface area contributed by atoms with Gasteiger partial charge in [0.25, 0.3) is 0 Å². The number of aromatic amines is 1. The van der Waals surface area contributed by atoms with Crippen molar-refractivity contribution in [3.8, 4) is 0 Å². The first-order valence-electron chi connectivity index (χ1n) is 9.02. The van der Waals surface area contributed by atoms with E-state index in [2.05, 4.69) is 14.8 Å². The minimum Gasteiger partial charge on any atom is -0.361 e. The second-order valence-corrected chi connectivity index (χ2v) is 8.85.